The molecule has 0 spiro atoms. The Labute approximate surface area is 210 Å². The maximum Gasteiger partial charge on any atom is 0.360 e. The number of H-pyrrole nitrogens is 1. The van der Waals surface area contributed by atoms with Crippen LogP contribution in [0.25, 0.3) is 0 Å². The third-order valence-electron chi connectivity index (χ3n) is 6.14. The Balaban J connectivity index is 1.77. The number of hydrogen-bond acceptors (Lipinski definition) is 9. The summed E-state index contributed by atoms with van der Waals surface area (Å²) in [6.07, 6.45) is 2.50. The number of benzene rings is 1. The van der Waals surface area contributed by atoms with Gasteiger partial charge in [0.2, 0.25) is 5.75 Å². The summed E-state index contributed by atoms with van der Waals surface area (Å²) in [5.41, 5.74) is -1.79. The lowest BCUT2D eigenvalue weighted by molar-refractivity contribution is -0.154. The maximum absolute atomic E-state index is 12.4. The van der Waals surface area contributed by atoms with Crippen molar-refractivity contribution in [3.63, 3.8) is 0 Å². The Bertz CT molecular complexity index is 1100. The van der Waals surface area contributed by atoms with Gasteiger partial charge in [0.15, 0.2) is 5.69 Å². The molecule has 1 fully saturated rings. The monoisotopic (exact) mass is 501 g/mol. The zero-order valence-electron chi connectivity index (χ0n) is 21.3. The molecule has 0 bridgehead atoms. The number of aromatic hydroxyl groups is 1. The third kappa shape index (κ3) is 7.14. The summed E-state index contributed by atoms with van der Waals surface area (Å²) < 4.78 is 16.0. The number of rotatable bonds is 9. The van der Waals surface area contributed by atoms with Gasteiger partial charge in [-0.25, -0.2) is 9.78 Å². The van der Waals surface area contributed by atoms with Gasteiger partial charge in [-0.15, -0.1) is 0 Å². The number of nitrogens with zero attached hydrogens (tertiary/aromatic N) is 1. The lowest BCUT2D eigenvalue weighted by Crippen LogP contribution is -2.50. The van der Waals surface area contributed by atoms with Crippen molar-refractivity contribution in [2.45, 2.75) is 64.2 Å². The highest BCUT2D eigenvalue weighted by atomic mass is 16.6. The molecule has 10 nitrogen and oxygen atoms in total. The van der Waals surface area contributed by atoms with E-state index in [9.17, 15) is 19.5 Å². The smallest absolute Gasteiger partial charge is 0.360 e. The molecule has 0 unspecified atom stereocenters. The SMILES string of the molecule is COC(=O)c1nc(C2(NCC(=O)OC(C)(C)C)CCC(COCc3ccccc3)CC2)[nH]c(=O)c1O. The largest absolute Gasteiger partial charge is 0.501 e. The molecule has 3 rings (SSSR count). The minimum absolute atomic E-state index is 0.120. The van der Waals surface area contributed by atoms with Gasteiger partial charge < -0.3 is 24.3 Å². The van der Waals surface area contributed by atoms with Crippen LogP contribution in [0.15, 0.2) is 35.1 Å². The summed E-state index contributed by atoms with van der Waals surface area (Å²) >= 11 is 0. The normalized spacial score (nSPS) is 20.1. The van der Waals surface area contributed by atoms with Crippen molar-refractivity contribution in [1.29, 1.82) is 0 Å². The summed E-state index contributed by atoms with van der Waals surface area (Å²) in [5.74, 6) is -1.75. The predicted molar refractivity (Wildman–Crippen MR) is 131 cm³/mol. The van der Waals surface area contributed by atoms with E-state index in [2.05, 4.69) is 20.0 Å². The van der Waals surface area contributed by atoms with Crippen molar-refractivity contribution in [2.24, 2.45) is 5.92 Å². The Kier molecular flexibility index (Phi) is 8.86. The van der Waals surface area contributed by atoms with Crippen molar-refractivity contribution >= 4 is 11.9 Å². The molecule has 1 heterocycles. The number of nitrogens with one attached hydrogen (secondary N) is 2. The number of aromatic nitrogens is 2. The van der Waals surface area contributed by atoms with Gasteiger partial charge in [0.05, 0.1) is 25.8 Å². The van der Waals surface area contributed by atoms with Crippen molar-refractivity contribution in [2.75, 3.05) is 20.3 Å². The van der Waals surface area contributed by atoms with Gasteiger partial charge in [-0.3, -0.25) is 14.9 Å². The van der Waals surface area contributed by atoms with Crippen LogP contribution in [0, 0.1) is 5.92 Å². The summed E-state index contributed by atoms with van der Waals surface area (Å²) in [4.78, 5) is 43.9. The first kappa shape index (κ1) is 27.3. The molecule has 1 aromatic heterocycles. The van der Waals surface area contributed by atoms with E-state index < -0.39 is 40.1 Å². The first-order valence-corrected chi connectivity index (χ1v) is 12.0. The van der Waals surface area contributed by atoms with E-state index in [4.69, 9.17) is 9.47 Å². The van der Waals surface area contributed by atoms with Crippen molar-refractivity contribution < 1.29 is 28.9 Å². The van der Waals surface area contributed by atoms with E-state index in [-0.39, 0.29) is 18.3 Å². The molecule has 1 aliphatic rings. The number of aromatic amines is 1. The molecule has 0 radical (unpaired) electrons. The number of hydrogen-bond donors (Lipinski definition) is 3. The van der Waals surface area contributed by atoms with Gasteiger partial charge in [0.1, 0.15) is 11.4 Å². The molecule has 10 heteroatoms. The standard InChI is InChI=1S/C26H35N3O7/c1-25(2,3)36-19(30)14-27-26(24-28-20(23(33)34-4)21(31)22(32)29-24)12-10-18(11-13-26)16-35-15-17-8-6-5-7-9-17/h5-9,18,27,31H,10-16H2,1-4H3,(H,28,29,32). The topological polar surface area (TPSA) is 140 Å². The summed E-state index contributed by atoms with van der Waals surface area (Å²) in [6, 6.07) is 9.92. The van der Waals surface area contributed by atoms with Crippen LogP contribution in [0.3, 0.4) is 0 Å². The van der Waals surface area contributed by atoms with Crippen LogP contribution in [0.4, 0.5) is 0 Å². The molecule has 1 aliphatic carbocycles. The first-order valence-electron chi connectivity index (χ1n) is 12.0. The predicted octanol–water partition coefficient (Wildman–Crippen LogP) is 2.80. The number of methoxy groups -OCH3 is 1. The molecule has 0 amide bonds. The molecule has 36 heavy (non-hydrogen) atoms. The Hall–Kier alpha value is -3.24. The zero-order chi connectivity index (χ0) is 26.3. The van der Waals surface area contributed by atoms with Gasteiger partial charge >= 0.3 is 11.9 Å². The van der Waals surface area contributed by atoms with Gasteiger partial charge in [-0.1, -0.05) is 30.3 Å². The number of ether oxygens (including phenoxy) is 3. The fraction of sp³-hybridized carbons (Fsp3) is 0.538. The van der Waals surface area contributed by atoms with E-state index in [1.807, 2.05) is 30.3 Å². The molecule has 3 N–H and O–H groups in total. The average molecular weight is 502 g/mol. The van der Waals surface area contributed by atoms with E-state index in [1.165, 1.54) is 0 Å². The second-order valence-corrected chi connectivity index (χ2v) is 10.1. The molecule has 1 saturated carbocycles. The molecule has 0 aliphatic heterocycles. The van der Waals surface area contributed by atoms with Gasteiger partial charge in [-0.2, -0.15) is 0 Å². The highest BCUT2D eigenvalue weighted by molar-refractivity contribution is 5.89. The first-order chi connectivity index (χ1) is 17.0. The van der Waals surface area contributed by atoms with Crippen LogP contribution in [0.1, 0.15) is 68.3 Å². The third-order valence-corrected chi connectivity index (χ3v) is 6.14. The van der Waals surface area contributed by atoms with E-state index in [0.717, 1.165) is 25.5 Å². The van der Waals surface area contributed by atoms with Crippen LogP contribution < -0.4 is 10.9 Å². The van der Waals surface area contributed by atoms with Crippen molar-refractivity contribution in [1.82, 2.24) is 15.3 Å². The van der Waals surface area contributed by atoms with Crippen LogP contribution in [-0.4, -0.2) is 52.9 Å². The van der Waals surface area contributed by atoms with Crippen LogP contribution in [0.5, 0.6) is 5.75 Å². The Morgan fingerprint density at radius 3 is 2.47 bits per heavy atom. The lowest BCUT2D eigenvalue weighted by atomic mass is 9.76. The second-order valence-electron chi connectivity index (χ2n) is 10.1. The van der Waals surface area contributed by atoms with Crippen LogP contribution in [-0.2, 0) is 31.2 Å². The van der Waals surface area contributed by atoms with Gasteiger partial charge in [0.25, 0.3) is 5.56 Å². The molecular weight excluding hydrogens is 466 g/mol. The molecular formula is C26H35N3O7. The van der Waals surface area contributed by atoms with Gasteiger partial charge in [-0.05, 0) is 57.9 Å². The minimum atomic E-state index is -0.926. The molecule has 196 valence electrons. The van der Waals surface area contributed by atoms with E-state index in [1.54, 1.807) is 20.8 Å². The van der Waals surface area contributed by atoms with Crippen molar-refractivity contribution in [3.05, 3.63) is 57.8 Å². The molecule has 0 atom stereocenters. The summed E-state index contributed by atoms with van der Waals surface area (Å²) in [7, 11) is 1.14. The minimum Gasteiger partial charge on any atom is -0.501 e. The molecule has 0 saturated heterocycles. The highest BCUT2D eigenvalue weighted by Crippen LogP contribution is 2.38. The summed E-state index contributed by atoms with van der Waals surface area (Å²) in [5, 5.41) is 13.3. The highest BCUT2D eigenvalue weighted by Gasteiger charge is 2.40. The van der Waals surface area contributed by atoms with Crippen LogP contribution in [0.2, 0.25) is 0 Å². The van der Waals surface area contributed by atoms with E-state index in [0.29, 0.717) is 26.1 Å². The number of esters is 2. The van der Waals surface area contributed by atoms with Crippen LogP contribution >= 0.6 is 0 Å². The Morgan fingerprint density at radius 1 is 1.19 bits per heavy atom. The zero-order valence-corrected chi connectivity index (χ0v) is 21.3. The quantitative estimate of drug-likeness (QED) is 0.443. The molecule has 1 aromatic carbocycles. The molecule has 2 aromatic rings. The number of carbonyl (C=O) groups excluding carboxylic acids is 2. The second kappa shape index (κ2) is 11.7. The fourth-order valence-electron chi connectivity index (χ4n) is 4.30. The van der Waals surface area contributed by atoms with E-state index >= 15 is 0 Å². The lowest BCUT2D eigenvalue weighted by Gasteiger charge is -2.40. The number of carbonyl (C=O) groups is 2. The van der Waals surface area contributed by atoms with Gasteiger partial charge in [0, 0.05) is 6.61 Å². The maximum atomic E-state index is 12.4. The van der Waals surface area contributed by atoms with Crippen molar-refractivity contribution in [3.8, 4) is 5.75 Å². The Morgan fingerprint density at radius 2 is 1.86 bits per heavy atom. The summed E-state index contributed by atoms with van der Waals surface area (Å²) in [6.45, 7) is 6.32. The average Bonchev–Trinajstić information content (AvgIpc) is 2.84. The fourth-order valence-corrected chi connectivity index (χ4v) is 4.30.